The number of piperidine rings is 1. The average Bonchev–Trinajstić information content (AvgIpc) is 2.89. The predicted molar refractivity (Wildman–Crippen MR) is 84.2 cm³/mol. The highest BCUT2D eigenvalue weighted by Gasteiger charge is 2.16. The van der Waals surface area contributed by atoms with Gasteiger partial charge in [-0.2, -0.15) is 0 Å². The number of ether oxygens (including phenoxy) is 1. The van der Waals surface area contributed by atoms with Crippen LogP contribution in [0.3, 0.4) is 0 Å². The van der Waals surface area contributed by atoms with Crippen LogP contribution in [0.1, 0.15) is 29.7 Å². The minimum atomic E-state index is 0.763. The number of nitrogens with zero attached hydrogens (tertiary/aromatic N) is 2. The van der Waals surface area contributed by atoms with Gasteiger partial charge < -0.3 is 15.0 Å². The van der Waals surface area contributed by atoms with Crippen LogP contribution >= 0.6 is 11.3 Å². The first-order chi connectivity index (χ1) is 9.78. The molecule has 114 valence electrons. The van der Waals surface area contributed by atoms with Crippen molar-refractivity contribution in [3.05, 3.63) is 16.1 Å². The molecule has 4 nitrogen and oxygen atoms in total. The van der Waals surface area contributed by atoms with Crippen molar-refractivity contribution in [1.82, 2.24) is 15.2 Å². The third-order valence-corrected chi connectivity index (χ3v) is 4.82. The lowest BCUT2D eigenvalue weighted by atomic mass is 10.0. The SMILES string of the molecule is COCCNCc1cnc(CCN2CCCC(C)C2)s1. The Bertz CT molecular complexity index is 383. The molecule has 0 spiro atoms. The van der Waals surface area contributed by atoms with E-state index in [0.29, 0.717) is 0 Å². The highest BCUT2D eigenvalue weighted by atomic mass is 32.1. The second-order valence-electron chi connectivity index (χ2n) is 5.69. The van der Waals surface area contributed by atoms with Gasteiger partial charge in [-0.1, -0.05) is 6.92 Å². The molecule has 2 rings (SSSR count). The first-order valence-electron chi connectivity index (χ1n) is 7.63. The Hall–Kier alpha value is -0.490. The van der Waals surface area contributed by atoms with Crippen molar-refractivity contribution >= 4 is 11.3 Å². The fourth-order valence-corrected chi connectivity index (χ4v) is 3.56. The molecule has 1 N–H and O–H groups in total. The van der Waals surface area contributed by atoms with E-state index in [0.717, 1.165) is 38.6 Å². The molecule has 0 radical (unpaired) electrons. The second-order valence-corrected chi connectivity index (χ2v) is 6.89. The van der Waals surface area contributed by atoms with Crippen LogP contribution in [0.4, 0.5) is 0 Å². The van der Waals surface area contributed by atoms with Gasteiger partial charge in [0.15, 0.2) is 0 Å². The van der Waals surface area contributed by atoms with Crippen molar-refractivity contribution in [2.75, 3.05) is 39.9 Å². The molecule has 20 heavy (non-hydrogen) atoms. The van der Waals surface area contributed by atoms with Crippen molar-refractivity contribution in [2.24, 2.45) is 5.92 Å². The zero-order chi connectivity index (χ0) is 14.2. The molecule has 2 heterocycles. The summed E-state index contributed by atoms with van der Waals surface area (Å²) in [6.07, 6.45) is 5.85. The Morgan fingerprint density at radius 2 is 2.45 bits per heavy atom. The van der Waals surface area contributed by atoms with Crippen molar-refractivity contribution in [3.8, 4) is 0 Å². The lowest BCUT2D eigenvalue weighted by Gasteiger charge is -2.30. The van der Waals surface area contributed by atoms with E-state index in [2.05, 4.69) is 22.1 Å². The molecule has 1 aromatic heterocycles. The zero-order valence-electron chi connectivity index (χ0n) is 12.7. The highest BCUT2D eigenvalue weighted by molar-refractivity contribution is 7.11. The van der Waals surface area contributed by atoms with Gasteiger partial charge in [0.1, 0.15) is 0 Å². The molecule has 0 aromatic carbocycles. The molecule has 1 aromatic rings. The third-order valence-electron chi connectivity index (χ3n) is 3.77. The average molecular weight is 297 g/mol. The molecule has 0 bridgehead atoms. The lowest BCUT2D eigenvalue weighted by molar-refractivity contribution is 0.186. The van der Waals surface area contributed by atoms with Crippen LogP contribution in [-0.2, 0) is 17.7 Å². The number of nitrogens with one attached hydrogen (secondary N) is 1. The van der Waals surface area contributed by atoms with Crippen LogP contribution in [0.25, 0.3) is 0 Å². The topological polar surface area (TPSA) is 37.4 Å². The molecule has 1 fully saturated rings. The summed E-state index contributed by atoms with van der Waals surface area (Å²) in [5.41, 5.74) is 0. The molecule has 5 heteroatoms. The van der Waals surface area contributed by atoms with Crippen LogP contribution in [0.5, 0.6) is 0 Å². The van der Waals surface area contributed by atoms with E-state index in [1.165, 1.54) is 35.8 Å². The van der Waals surface area contributed by atoms with E-state index in [9.17, 15) is 0 Å². The predicted octanol–water partition coefficient (Wildman–Crippen LogP) is 2.15. The molecule has 1 aliphatic rings. The van der Waals surface area contributed by atoms with Crippen LogP contribution < -0.4 is 5.32 Å². The molecule has 1 aliphatic heterocycles. The molecule has 1 atom stereocenters. The first-order valence-corrected chi connectivity index (χ1v) is 8.45. The molecule has 0 amide bonds. The Morgan fingerprint density at radius 3 is 3.25 bits per heavy atom. The van der Waals surface area contributed by atoms with Gasteiger partial charge in [0.2, 0.25) is 0 Å². The lowest BCUT2D eigenvalue weighted by Crippen LogP contribution is -2.35. The smallest absolute Gasteiger partial charge is 0.0940 e. The van der Waals surface area contributed by atoms with Crippen LogP contribution in [0.2, 0.25) is 0 Å². The van der Waals surface area contributed by atoms with E-state index >= 15 is 0 Å². The fourth-order valence-electron chi connectivity index (χ4n) is 2.67. The standard InChI is InChI=1S/C15H27N3OS/c1-13-4-3-7-18(12-13)8-5-15-17-11-14(20-15)10-16-6-9-19-2/h11,13,16H,3-10,12H2,1-2H3. The largest absolute Gasteiger partial charge is 0.383 e. The van der Waals surface area contributed by atoms with Gasteiger partial charge in [0.25, 0.3) is 0 Å². The first kappa shape index (κ1) is 15.9. The van der Waals surface area contributed by atoms with Crippen molar-refractivity contribution < 1.29 is 4.74 Å². The second kappa shape index (κ2) is 8.72. The minimum Gasteiger partial charge on any atom is -0.383 e. The molecular formula is C15H27N3OS. The van der Waals surface area contributed by atoms with Gasteiger partial charge in [-0.15, -0.1) is 11.3 Å². The van der Waals surface area contributed by atoms with Crippen LogP contribution in [0, 0.1) is 5.92 Å². The molecule has 0 saturated carbocycles. The van der Waals surface area contributed by atoms with Crippen molar-refractivity contribution in [3.63, 3.8) is 0 Å². The van der Waals surface area contributed by atoms with Gasteiger partial charge in [0, 0.05) is 50.8 Å². The van der Waals surface area contributed by atoms with Gasteiger partial charge in [0.05, 0.1) is 11.6 Å². The molecule has 1 saturated heterocycles. The number of likely N-dealkylation sites (tertiary alicyclic amines) is 1. The quantitative estimate of drug-likeness (QED) is 0.746. The van der Waals surface area contributed by atoms with Crippen molar-refractivity contribution in [2.45, 2.75) is 32.7 Å². The summed E-state index contributed by atoms with van der Waals surface area (Å²) in [6, 6.07) is 0. The number of rotatable bonds is 8. The monoisotopic (exact) mass is 297 g/mol. The maximum Gasteiger partial charge on any atom is 0.0940 e. The van der Waals surface area contributed by atoms with Gasteiger partial charge in [-0.3, -0.25) is 0 Å². The van der Waals surface area contributed by atoms with Crippen molar-refractivity contribution in [1.29, 1.82) is 0 Å². The van der Waals surface area contributed by atoms with E-state index in [4.69, 9.17) is 4.74 Å². The summed E-state index contributed by atoms with van der Waals surface area (Å²) >= 11 is 1.84. The Balaban J connectivity index is 1.67. The van der Waals surface area contributed by atoms with E-state index in [-0.39, 0.29) is 0 Å². The Kier molecular flexibility index (Phi) is 6.93. The number of hydrogen-bond donors (Lipinski definition) is 1. The van der Waals surface area contributed by atoms with E-state index in [1.54, 1.807) is 7.11 Å². The summed E-state index contributed by atoms with van der Waals surface area (Å²) < 4.78 is 5.02. The number of aromatic nitrogens is 1. The Morgan fingerprint density at radius 1 is 1.55 bits per heavy atom. The maximum absolute atomic E-state index is 5.02. The van der Waals surface area contributed by atoms with Gasteiger partial charge in [-0.05, 0) is 25.3 Å². The van der Waals surface area contributed by atoms with E-state index in [1.807, 2.05) is 17.5 Å². The summed E-state index contributed by atoms with van der Waals surface area (Å²) in [5, 5.41) is 4.63. The summed E-state index contributed by atoms with van der Waals surface area (Å²) in [4.78, 5) is 8.45. The molecule has 0 aliphatic carbocycles. The fraction of sp³-hybridized carbons (Fsp3) is 0.800. The summed E-state index contributed by atoms with van der Waals surface area (Å²) in [7, 11) is 1.73. The number of methoxy groups -OCH3 is 1. The van der Waals surface area contributed by atoms with Crippen LogP contribution in [-0.4, -0.2) is 49.8 Å². The Labute approximate surface area is 126 Å². The van der Waals surface area contributed by atoms with E-state index < -0.39 is 0 Å². The van der Waals surface area contributed by atoms with Crippen LogP contribution in [0.15, 0.2) is 6.20 Å². The molecular weight excluding hydrogens is 270 g/mol. The zero-order valence-corrected chi connectivity index (χ0v) is 13.5. The normalized spacial score (nSPS) is 20.4. The van der Waals surface area contributed by atoms with Gasteiger partial charge >= 0.3 is 0 Å². The summed E-state index contributed by atoms with van der Waals surface area (Å²) in [5.74, 6) is 0.862. The highest BCUT2D eigenvalue weighted by Crippen LogP contribution is 2.17. The number of hydrogen-bond acceptors (Lipinski definition) is 5. The molecule has 1 unspecified atom stereocenters. The maximum atomic E-state index is 5.02. The van der Waals surface area contributed by atoms with Gasteiger partial charge in [-0.25, -0.2) is 4.98 Å². The number of thiazole rings is 1. The summed E-state index contributed by atoms with van der Waals surface area (Å²) in [6.45, 7) is 8.61. The minimum absolute atomic E-state index is 0.763. The third kappa shape index (κ3) is 5.48.